The molecule has 4 rings (SSSR count). The average molecular weight is 317 g/mol. The molecule has 2 aromatic rings. The van der Waals surface area contributed by atoms with Gasteiger partial charge in [-0.05, 0) is 30.5 Å². The van der Waals surface area contributed by atoms with Gasteiger partial charge in [-0.25, -0.2) is 13.8 Å². The Hall–Kier alpha value is -2.08. The second-order valence-corrected chi connectivity index (χ2v) is 6.39. The Bertz CT molecular complexity index is 794. The summed E-state index contributed by atoms with van der Waals surface area (Å²) in [5.41, 5.74) is 2.05. The second kappa shape index (κ2) is 5.53. The Kier molecular flexibility index (Phi) is 3.49. The molecule has 1 fully saturated rings. The smallest absolute Gasteiger partial charge is 0.255 e. The minimum atomic E-state index is -0.578. The van der Waals surface area contributed by atoms with Gasteiger partial charge < -0.3 is 4.98 Å². The number of halogens is 2. The summed E-state index contributed by atoms with van der Waals surface area (Å²) in [5.74, 6) is 0.0766. The van der Waals surface area contributed by atoms with Gasteiger partial charge in [0.2, 0.25) is 0 Å². The lowest BCUT2D eigenvalue weighted by Gasteiger charge is -2.27. The molecule has 2 heterocycles. The van der Waals surface area contributed by atoms with Crippen LogP contribution < -0.4 is 5.56 Å². The van der Waals surface area contributed by atoms with Crippen LogP contribution >= 0.6 is 0 Å². The molecule has 1 N–H and O–H groups in total. The number of hydrogen-bond donors (Lipinski definition) is 1. The van der Waals surface area contributed by atoms with E-state index < -0.39 is 11.6 Å². The molecule has 1 aliphatic carbocycles. The lowest BCUT2D eigenvalue weighted by molar-refractivity contribution is 0.241. The topological polar surface area (TPSA) is 49.0 Å². The Balaban J connectivity index is 1.55. The van der Waals surface area contributed by atoms with Crippen LogP contribution in [0, 0.1) is 11.6 Å². The third kappa shape index (κ3) is 3.03. The van der Waals surface area contributed by atoms with Crippen LogP contribution in [-0.4, -0.2) is 21.4 Å². The fourth-order valence-electron chi connectivity index (χ4n) is 3.15. The fraction of sp³-hybridized carbons (Fsp3) is 0.412. The van der Waals surface area contributed by atoms with E-state index in [2.05, 4.69) is 9.97 Å². The quantitative estimate of drug-likeness (QED) is 0.946. The van der Waals surface area contributed by atoms with Gasteiger partial charge in [0.05, 0.1) is 11.3 Å². The molecule has 120 valence electrons. The third-order valence-corrected chi connectivity index (χ3v) is 4.46. The Morgan fingerprint density at radius 2 is 1.96 bits per heavy atom. The van der Waals surface area contributed by atoms with Crippen LogP contribution in [0.25, 0.3) is 0 Å². The van der Waals surface area contributed by atoms with E-state index >= 15 is 0 Å². The highest BCUT2D eigenvalue weighted by molar-refractivity contribution is 5.24. The molecule has 0 radical (unpaired) electrons. The zero-order valence-electron chi connectivity index (χ0n) is 12.6. The second-order valence-electron chi connectivity index (χ2n) is 6.39. The molecule has 1 aromatic heterocycles. The number of nitrogens with zero attached hydrogens (tertiary/aromatic N) is 2. The van der Waals surface area contributed by atoms with Crippen LogP contribution in [0.5, 0.6) is 0 Å². The normalized spacial score (nSPS) is 18.0. The molecule has 0 spiro atoms. The summed E-state index contributed by atoms with van der Waals surface area (Å²) in [4.78, 5) is 21.8. The van der Waals surface area contributed by atoms with Gasteiger partial charge in [-0.2, -0.15) is 0 Å². The van der Waals surface area contributed by atoms with Crippen molar-refractivity contribution in [3.8, 4) is 0 Å². The van der Waals surface area contributed by atoms with Gasteiger partial charge in [0.1, 0.15) is 17.5 Å². The predicted octanol–water partition coefficient (Wildman–Crippen LogP) is 2.48. The highest BCUT2D eigenvalue weighted by Gasteiger charge is 2.29. The van der Waals surface area contributed by atoms with Crippen molar-refractivity contribution in [1.29, 1.82) is 0 Å². The van der Waals surface area contributed by atoms with Crippen LogP contribution in [-0.2, 0) is 19.5 Å². The number of nitrogens with one attached hydrogen (secondary N) is 1. The maximum absolute atomic E-state index is 13.3. The molecule has 1 saturated carbocycles. The number of aromatic amines is 1. The molecule has 0 amide bonds. The van der Waals surface area contributed by atoms with Crippen LogP contribution in [0.4, 0.5) is 8.78 Å². The number of H-pyrrole nitrogens is 1. The fourth-order valence-corrected chi connectivity index (χ4v) is 3.15. The highest BCUT2D eigenvalue weighted by atomic mass is 19.1. The molecule has 23 heavy (non-hydrogen) atoms. The number of fused-ring (bicyclic) bond motifs is 1. The first-order valence-electron chi connectivity index (χ1n) is 7.88. The first-order chi connectivity index (χ1) is 11.1. The van der Waals surface area contributed by atoms with Crippen molar-refractivity contribution in [2.75, 3.05) is 6.54 Å². The van der Waals surface area contributed by atoms with Gasteiger partial charge in [0, 0.05) is 38.0 Å². The molecule has 4 nitrogen and oxygen atoms in total. The average Bonchev–Trinajstić information content (AvgIpc) is 3.31. The number of benzene rings is 1. The summed E-state index contributed by atoms with van der Waals surface area (Å²) in [5, 5.41) is 0. The van der Waals surface area contributed by atoms with E-state index in [4.69, 9.17) is 0 Å². The molecule has 0 unspecified atom stereocenters. The molecular formula is C17H17F2N3O. The van der Waals surface area contributed by atoms with E-state index in [1.54, 1.807) is 0 Å². The summed E-state index contributed by atoms with van der Waals surface area (Å²) in [6.07, 6.45) is 2.88. The summed E-state index contributed by atoms with van der Waals surface area (Å²) in [6, 6.07) is 3.53. The molecule has 6 heteroatoms. The lowest BCUT2D eigenvalue weighted by Crippen LogP contribution is -2.35. The van der Waals surface area contributed by atoms with Gasteiger partial charge >= 0.3 is 0 Å². The summed E-state index contributed by atoms with van der Waals surface area (Å²) >= 11 is 0. The van der Waals surface area contributed by atoms with E-state index in [1.807, 2.05) is 4.90 Å². The van der Waals surface area contributed by atoms with E-state index in [9.17, 15) is 13.6 Å². The van der Waals surface area contributed by atoms with Gasteiger partial charge in [-0.1, -0.05) is 0 Å². The molecular weight excluding hydrogens is 300 g/mol. The number of aromatic nitrogens is 2. The minimum absolute atomic E-state index is 0.0768. The largest absolute Gasteiger partial charge is 0.310 e. The SMILES string of the molecule is O=c1[nH]c(C2CC2)nc2c1CN(Cc1cc(F)cc(F)c1)CC2. The van der Waals surface area contributed by atoms with E-state index in [0.717, 1.165) is 37.0 Å². The van der Waals surface area contributed by atoms with Gasteiger partial charge in [0.15, 0.2) is 0 Å². The first-order valence-corrected chi connectivity index (χ1v) is 7.88. The molecule has 2 aliphatic rings. The first kappa shape index (κ1) is 14.5. The van der Waals surface area contributed by atoms with Crippen molar-refractivity contribution < 1.29 is 8.78 Å². The van der Waals surface area contributed by atoms with Gasteiger partial charge in [0.25, 0.3) is 5.56 Å². The molecule has 0 bridgehead atoms. The van der Waals surface area contributed by atoms with Crippen LogP contribution in [0.3, 0.4) is 0 Å². The van der Waals surface area contributed by atoms with Crippen LogP contribution in [0.15, 0.2) is 23.0 Å². The van der Waals surface area contributed by atoms with E-state index in [1.165, 1.54) is 12.1 Å². The standard InChI is InChI=1S/C17H17F2N3O/c18-12-5-10(6-13(19)7-12)8-22-4-3-15-14(9-22)17(23)21-16(20-15)11-1-2-11/h5-7,11H,1-4,8-9H2,(H,20,21,23). The summed E-state index contributed by atoms with van der Waals surface area (Å²) in [7, 11) is 0. The Morgan fingerprint density at radius 1 is 1.22 bits per heavy atom. The highest BCUT2D eigenvalue weighted by Crippen LogP contribution is 2.37. The van der Waals surface area contributed by atoms with Gasteiger partial charge in [-0.3, -0.25) is 9.69 Å². The Morgan fingerprint density at radius 3 is 2.65 bits per heavy atom. The Labute approximate surface area is 132 Å². The third-order valence-electron chi connectivity index (χ3n) is 4.46. The minimum Gasteiger partial charge on any atom is -0.310 e. The zero-order chi connectivity index (χ0) is 16.0. The van der Waals surface area contributed by atoms with Crippen molar-refractivity contribution in [3.05, 3.63) is 62.8 Å². The van der Waals surface area contributed by atoms with Gasteiger partial charge in [-0.15, -0.1) is 0 Å². The molecule has 0 atom stereocenters. The summed E-state index contributed by atoms with van der Waals surface area (Å²) < 4.78 is 26.6. The van der Waals surface area contributed by atoms with Crippen LogP contribution in [0.1, 0.15) is 41.4 Å². The molecule has 0 saturated heterocycles. The van der Waals surface area contributed by atoms with E-state index in [-0.39, 0.29) is 5.56 Å². The number of rotatable bonds is 3. The van der Waals surface area contributed by atoms with Crippen molar-refractivity contribution in [2.24, 2.45) is 0 Å². The summed E-state index contributed by atoms with van der Waals surface area (Å²) in [6.45, 7) is 1.60. The number of hydrogen-bond acceptors (Lipinski definition) is 3. The van der Waals surface area contributed by atoms with Crippen LogP contribution in [0.2, 0.25) is 0 Å². The lowest BCUT2D eigenvalue weighted by atomic mass is 10.1. The maximum Gasteiger partial charge on any atom is 0.255 e. The zero-order valence-corrected chi connectivity index (χ0v) is 12.6. The monoisotopic (exact) mass is 317 g/mol. The van der Waals surface area contributed by atoms with E-state index in [0.29, 0.717) is 36.6 Å². The molecule has 1 aromatic carbocycles. The van der Waals surface area contributed by atoms with Crippen molar-refractivity contribution in [3.63, 3.8) is 0 Å². The molecule has 1 aliphatic heterocycles. The maximum atomic E-state index is 13.3. The van der Waals surface area contributed by atoms with Crippen molar-refractivity contribution >= 4 is 0 Å². The predicted molar refractivity (Wildman–Crippen MR) is 81.0 cm³/mol. The van der Waals surface area contributed by atoms with Crippen molar-refractivity contribution in [2.45, 2.75) is 38.3 Å². The van der Waals surface area contributed by atoms with Crippen molar-refractivity contribution in [1.82, 2.24) is 14.9 Å².